The Kier molecular flexibility index (Phi) is 7.27. The zero-order valence-corrected chi connectivity index (χ0v) is 16.7. The lowest BCUT2D eigenvalue weighted by Crippen LogP contribution is -2.27. The van der Waals surface area contributed by atoms with E-state index in [-0.39, 0.29) is 29.5 Å². The molecule has 0 fully saturated rings. The van der Waals surface area contributed by atoms with Gasteiger partial charge in [-0.1, -0.05) is 6.07 Å². The lowest BCUT2D eigenvalue weighted by molar-refractivity contribution is -0.114. The van der Waals surface area contributed by atoms with E-state index in [1.807, 2.05) is 13.0 Å². The summed E-state index contributed by atoms with van der Waals surface area (Å²) in [5.41, 5.74) is 2.13. The summed E-state index contributed by atoms with van der Waals surface area (Å²) in [4.78, 5) is 23.9. The van der Waals surface area contributed by atoms with Crippen molar-refractivity contribution in [1.82, 2.24) is 4.72 Å². The molecular formula is C19H23N3O5S. The molecule has 0 aliphatic heterocycles. The van der Waals surface area contributed by atoms with Gasteiger partial charge in [0, 0.05) is 26.1 Å². The highest BCUT2D eigenvalue weighted by Crippen LogP contribution is 2.24. The van der Waals surface area contributed by atoms with Gasteiger partial charge in [0.05, 0.1) is 22.9 Å². The Morgan fingerprint density at radius 3 is 2.29 bits per heavy atom. The zero-order chi connectivity index (χ0) is 20.7. The summed E-state index contributed by atoms with van der Waals surface area (Å²) < 4.78 is 31.5. The number of anilines is 2. The second-order valence-corrected chi connectivity index (χ2v) is 7.87. The first-order chi connectivity index (χ1) is 13.2. The molecule has 0 aliphatic rings. The van der Waals surface area contributed by atoms with Crippen molar-refractivity contribution in [2.75, 3.05) is 30.9 Å². The molecule has 0 unspecified atom stereocenters. The van der Waals surface area contributed by atoms with Crippen LogP contribution in [-0.4, -0.2) is 40.5 Å². The first-order valence-electron chi connectivity index (χ1n) is 8.51. The van der Waals surface area contributed by atoms with Gasteiger partial charge < -0.3 is 15.4 Å². The monoisotopic (exact) mass is 405 g/mol. The van der Waals surface area contributed by atoms with Gasteiger partial charge in [-0.2, -0.15) is 0 Å². The standard InChI is InChI=1S/C19H23N3O5S/c1-13-4-9-17(21-14(2)23)18(12-13)22-19(24)15-5-7-16(8-6-15)28(25,26)20-10-11-27-3/h4-9,12,20H,10-11H2,1-3H3,(H,21,23)(H,22,24). The Labute approximate surface area is 164 Å². The Bertz CT molecular complexity index is 956. The highest BCUT2D eigenvalue weighted by Gasteiger charge is 2.15. The molecule has 8 nitrogen and oxygen atoms in total. The third kappa shape index (κ3) is 5.88. The minimum Gasteiger partial charge on any atom is -0.383 e. The molecule has 0 heterocycles. The van der Waals surface area contributed by atoms with Crippen LogP contribution in [-0.2, 0) is 19.6 Å². The number of carbonyl (C=O) groups excluding carboxylic acids is 2. The SMILES string of the molecule is COCCNS(=O)(=O)c1ccc(C(=O)Nc2cc(C)ccc2NC(C)=O)cc1. The molecule has 0 radical (unpaired) electrons. The molecule has 2 aromatic rings. The van der Waals surface area contributed by atoms with Crippen LogP contribution in [0.1, 0.15) is 22.8 Å². The summed E-state index contributed by atoms with van der Waals surface area (Å²) in [5, 5.41) is 5.40. The van der Waals surface area contributed by atoms with E-state index in [2.05, 4.69) is 15.4 Å². The molecule has 0 spiro atoms. The van der Waals surface area contributed by atoms with Gasteiger partial charge in [-0.05, 0) is 48.9 Å². The van der Waals surface area contributed by atoms with Crippen LogP contribution >= 0.6 is 0 Å². The lowest BCUT2D eigenvalue weighted by Gasteiger charge is -2.13. The molecule has 0 atom stereocenters. The van der Waals surface area contributed by atoms with Crippen LogP contribution in [0, 0.1) is 6.92 Å². The quantitative estimate of drug-likeness (QED) is 0.582. The number of hydrogen-bond acceptors (Lipinski definition) is 5. The normalized spacial score (nSPS) is 11.1. The fourth-order valence-electron chi connectivity index (χ4n) is 2.40. The number of benzene rings is 2. The molecule has 150 valence electrons. The molecule has 2 aromatic carbocycles. The van der Waals surface area contributed by atoms with Crippen molar-refractivity contribution in [2.24, 2.45) is 0 Å². The minimum absolute atomic E-state index is 0.0506. The van der Waals surface area contributed by atoms with Crippen molar-refractivity contribution in [3.8, 4) is 0 Å². The average molecular weight is 405 g/mol. The fraction of sp³-hybridized carbons (Fsp3) is 0.263. The maximum Gasteiger partial charge on any atom is 0.255 e. The van der Waals surface area contributed by atoms with Crippen LogP contribution in [0.25, 0.3) is 0 Å². The highest BCUT2D eigenvalue weighted by atomic mass is 32.2. The van der Waals surface area contributed by atoms with Gasteiger partial charge in [0.15, 0.2) is 0 Å². The third-order valence-electron chi connectivity index (χ3n) is 3.76. The zero-order valence-electron chi connectivity index (χ0n) is 15.9. The second kappa shape index (κ2) is 9.45. The van der Waals surface area contributed by atoms with Crippen molar-refractivity contribution < 1.29 is 22.7 Å². The Morgan fingerprint density at radius 2 is 1.68 bits per heavy atom. The molecule has 2 rings (SSSR count). The van der Waals surface area contributed by atoms with Gasteiger partial charge in [0.25, 0.3) is 5.91 Å². The predicted molar refractivity (Wildman–Crippen MR) is 107 cm³/mol. The van der Waals surface area contributed by atoms with Crippen LogP contribution < -0.4 is 15.4 Å². The van der Waals surface area contributed by atoms with Gasteiger partial charge in [-0.15, -0.1) is 0 Å². The molecule has 9 heteroatoms. The Hall–Kier alpha value is -2.75. The average Bonchev–Trinajstić information content (AvgIpc) is 2.64. The van der Waals surface area contributed by atoms with Crippen LogP contribution in [0.4, 0.5) is 11.4 Å². The number of amides is 2. The number of carbonyl (C=O) groups is 2. The molecule has 0 saturated heterocycles. The van der Waals surface area contributed by atoms with E-state index < -0.39 is 15.9 Å². The van der Waals surface area contributed by atoms with E-state index in [1.54, 1.807) is 12.1 Å². The number of sulfonamides is 1. The highest BCUT2D eigenvalue weighted by molar-refractivity contribution is 7.89. The number of ether oxygens (including phenoxy) is 1. The number of rotatable bonds is 8. The smallest absolute Gasteiger partial charge is 0.255 e. The molecule has 0 aliphatic carbocycles. The largest absolute Gasteiger partial charge is 0.383 e. The first kappa shape index (κ1) is 21.5. The molecule has 3 N–H and O–H groups in total. The van der Waals surface area contributed by atoms with Gasteiger partial charge >= 0.3 is 0 Å². The van der Waals surface area contributed by atoms with Crippen molar-refractivity contribution in [1.29, 1.82) is 0 Å². The van der Waals surface area contributed by atoms with Crippen molar-refractivity contribution in [3.63, 3.8) is 0 Å². The predicted octanol–water partition coefficient (Wildman–Crippen LogP) is 2.13. The minimum atomic E-state index is -3.67. The van der Waals surface area contributed by atoms with Crippen LogP contribution in [0.5, 0.6) is 0 Å². The van der Waals surface area contributed by atoms with E-state index >= 15 is 0 Å². The topological polar surface area (TPSA) is 114 Å². The summed E-state index contributed by atoms with van der Waals surface area (Å²) in [7, 11) is -2.19. The second-order valence-electron chi connectivity index (χ2n) is 6.10. The lowest BCUT2D eigenvalue weighted by atomic mass is 10.1. The van der Waals surface area contributed by atoms with Crippen molar-refractivity contribution in [2.45, 2.75) is 18.7 Å². The Balaban J connectivity index is 2.16. The Morgan fingerprint density at radius 1 is 1.00 bits per heavy atom. The third-order valence-corrected chi connectivity index (χ3v) is 5.24. The molecule has 0 bridgehead atoms. The number of hydrogen-bond donors (Lipinski definition) is 3. The van der Waals surface area contributed by atoms with E-state index in [1.165, 1.54) is 38.3 Å². The molecule has 0 saturated carbocycles. The maximum atomic E-state index is 12.5. The van der Waals surface area contributed by atoms with Gasteiger partial charge in [0.1, 0.15) is 0 Å². The van der Waals surface area contributed by atoms with E-state index in [0.717, 1.165) is 5.56 Å². The van der Waals surface area contributed by atoms with Gasteiger partial charge in [0.2, 0.25) is 15.9 Å². The molecule has 2 amide bonds. The first-order valence-corrected chi connectivity index (χ1v) is 9.99. The summed E-state index contributed by atoms with van der Waals surface area (Å²) >= 11 is 0. The van der Waals surface area contributed by atoms with E-state index in [9.17, 15) is 18.0 Å². The van der Waals surface area contributed by atoms with Crippen LogP contribution in [0.2, 0.25) is 0 Å². The van der Waals surface area contributed by atoms with Crippen molar-refractivity contribution in [3.05, 3.63) is 53.6 Å². The summed E-state index contributed by atoms with van der Waals surface area (Å²) in [6, 6.07) is 10.8. The van der Waals surface area contributed by atoms with Gasteiger partial charge in [-0.3, -0.25) is 9.59 Å². The molecule has 0 aromatic heterocycles. The van der Waals surface area contributed by atoms with E-state index in [0.29, 0.717) is 11.4 Å². The summed E-state index contributed by atoms with van der Waals surface area (Å²) in [6.45, 7) is 3.65. The number of aryl methyl sites for hydroxylation is 1. The van der Waals surface area contributed by atoms with Crippen molar-refractivity contribution >= 4 is 33.2 Å². The maximum absolute atomic E-state index is 12.5. The summed E-state index contributed by atoms with van der Waals surface area (Å²) in [5.74, 6) is -0.677. The summed E-state index contributed by atoms with van der Waals surface area (Å²) in [6.07, 6.45) is 0. The molecule has 28 heavy (non-hydrogen) atoms. The molecular weight excluding hydrogens is 382 g/mol. The number of methoxy groups -OCH3 is 1. The van der Waals surface area contributed by atoms with E-state index in [4.69, 9.17) is 4.74 Å². The van der Waals surface area contributed by atoms with Gasteiger partial charge in [-0.25, -0.2) is 13.1 Å². The fourth-order valence-corrected chi connectivity index (χ4v) is 3.41. The van der Waals surface area contributed by atoms with Crippen LogP contribution in [0.15, 0.2) is 47.4 Å². The van der Waals surface area contributed by atoms with Crippen LogP contribution in [0.3, 0.4) is 0 Å². The number of nitrogens with one attached hydrogen (secondary N) is 3.